The highest BCUT2D eigenvalue weighted by molar-refractivity contribution is 5.88. The summed E-state index contributed by atoms with van der Waals surface area (Å²) in [6.45, 7) is 9.33. The van der Waals surface area contributed by atoms with Crippen LogP contribution in [-0.4, -0.2) is 29.8 Å². The van der Waals surface area contributed by atoms with E-state index in [1.807, 2.05) is 6.92 Å². The number of aryl methyl sites for hydroxylation is 1. The summed E-state index contributed by atoms with van der Waals surface area (Å²) in [5, 5.41) is 12.4. The van der Waals surface area contributed by atoms with Gasteiger partial charge in [-0.2, -0.15) is 0 Å². The van der Waals surface area contributed by atoms with Crippen molar-refractivity contribution in [2.45, 2.75) is 52.8 Å². The van der Waals surface area contributed by atoms with Crippen LogP contribution in [-0.2, 0) is 11.3 Å². The molecule has 1 heterocycles. The van der Waals surface area contributed by atoms with E-state index in [9.17, 15) is 4.79 Å². The zero-order valence-electron chi connectivity index (χ0n) is 12.5. The molecule has 0 spiro atoms. The molecule has 1 aliphatic rings. The molecule has 0 radical (unpaired) electrons. The normalized spacial score (nSPS) is 24.4. The van der Waals surface area contributed by atoms with Crippen LogP contribution in [0.4, 0.5) is 0 Å². The van der Waals surface area contributed by atoms with Crippen molar-refractivity contribution >= 4 is 5.97 Å². The second-order valence-corrected chi connectivity index (χ2v) is 5.92. The van der Waals surface area contributed by atoms with Crippen molar-refractivity contribution in [3.8, 4) is 0 Å². The predicted molar refractivity (Wildman–Crippen MR) is 74.8 cm³/mol. The highest BCUT2D eigenvalue weighted by Crippen LogP contribution is 2.42. The fourth-order valence-corrected chi connectivity index (χ4v) is 2.78. The smallest absolute Gasteiger partial charge is 0.339 e. The summed E-state index contributed by atoms with van der Waals surface area (Å²) in [5.74, 6) is 0.169. The largest absolute Gasteiger partial charge is 0.478 e. The first-order chi connectivity index (χ1) is 9.36. The molecule has 5 heteroatoms. The summed E-state index contributed by atoms with van der Waals surface area (Å²) in [4.78, 5) is 11.0. The zero-order chi connectivity index (χ0) is 14.9. The average molecular weight is 281 g/mol. The molecule has 0 bridgehead atoms. The number of ether oxygens (including phenoxy) is 1. The van der Waals surface area contributed by atoms with Gasteiger partial charge in [0.15, 0.2) is 0 Å². The highest BCUT2D eigenvalue weighted by Gasteiger charge is 2.48. The number of carboxylic acids is 1. The molecular weight excluding hydrogens is 258 g/mol. The van der Waals surface area contributed by atoms with Gasteiger partial charge in [0.05, 0.1) is 12.6 Å². The SMILES string of the molecule is CCOC1CC(NCc2cc(C(=O)O)c(C)o2)C1(C)C. The first-order valence-electron chi connectivity index (χ1n) is 7.03. The molecule has 1 aromatic heterocycles. The minimum Gasteiger partial charge on any atom is -0.478 e. The monoisotopic (exact) mass is 281 g/mol. The van der Waals surface area contributed by atoms with Gasteiger partial charge in [-0.15, -0.1) is 0 Å². The minimum atomic E-state index is -0.946. The van der Waals surface area contributed by atoms with Crippen molar-refractivity contribution in [3.05, 3.63) is 23.2 Å². The number of hydrogen-bond donors (Lipinski definition) is 2. The maximum absolute atomic E-state index is 11.0. The maximum atomic E-state index is 11.0. The summed E-state index contributed by atoms with van der Waals surface area (Å²) < 4.78 is 11.2. The zero-order valence-corrected chi connectivity index (χ0v) is 12.5. The summed E-state index contributed by atoms with van der Waals surface area (Å²) in [5.41, 5.74) is 0.328. The van der Waals surface area contributed by atoms with E-state index < -0.39 is 5.97 Å². The Kier molecular flexibility index (Phi) is 4.20. The van der Waals surface area contributed by atoms with Gasteiger partial charge in [0.2, 0.25) is 0 Å². The number of carboxylic acid groups (broad SMARTS) is 1. The Morgan fingerprint density at radius 3 is 2.80 bits per heavy atom. The molecule has 0 saturated heterocycles. The van der Waals surface area contributed by atoms with Gasteiger partial charge in [0.1, 0.15) is 17.1 Å². The highest BCUT2D eigenvalue weighted by atomic mass is 16.5. The molecule has 1 fully saturated rings. The quantitative estimate of drug-likeness (QED) is 0.838. The van der Waals surface area contributed by atoms with Gasteiger partial charge in [-0.1, -0.05) is 13.8 Å². The lowest BCUT2D eigenvalue weighted by atomic mass is 9.64. The molecule has 0 aromatic carbocycles. The van der Waals surface area contributed by atoms with Crippen LogP contribution in [0.25, 0.3) is 0 Å². The second kappa shape index (κ2) is 5.58. The Morgan fingerprint density at radius 2 is 2.30 bits per heavy atom. The van der Waals surface area contributed by atoms with E-state index in [1.165, 1.54) is 0 Å². The molecule has 1 aliphatic carbocycles. The van der Waals surface area contributed by atoms with E-state index >= 15 is 0 Å². The Balaban J connectivity index is 1.91. The number of carbonyl (C=O) groups is 1. The Hall–Kier alpha value is -1.33. The van der Waals surface area contributed by atoms with Crippen LogP contribution in [0.5, 0.6) is 0 Å². The lowest BCUT2D eigenvalue weighted by Crippen LogP contribution is -2.60. The van der Waals surface area contributed by atoms with Crippen molar-refractivity contribution in [1.29, 1.82) is 0 Å². The van der Waals surface area contributed by atoms with Crippen molar-refractivity contribution in [1.82, 2.24) is 5.32 Å². The second-order valence-electron chi connectivity index (χ2n) is 5.92. The number of rotatable bonds is 6. The van der Waals surface area contributed by atoms with E-state index in [1.54, 1.807) is 13.0 Å². The van der Waals surface area contributed by atoms with Crippen LogP contribution >= 0.6 is 0 Å². The third-order valence-corrected chi connectivity index (χ3v) is 4.27. The molecule has 1 aromatic rings. The summed E-state index contributed by atoms with van der Waals surface area (Å²) in [7, 11) is 0. The van der Waals surface area contributed by atoms with Crippen LogP contribution in [0.2, 0.25) is 0 Å². The van der Waals surface area contributed by atoms with Gasteiger partial charge >= 0.3 is 5.97 Å². The summed E-state index contributed by atoms with van der Waals surface area (Å²) in [6, 6.07) is 1.95. The van der Waals surface area contributed by atoms with Gasteiger partial charge in [-0.3, -0.25) is 0 Å². The molecular formula is C15H23NO4. The molecule has 0 aliphatic heterocycles. The molecule has 2 atom stereocenters. The molecule has 2 N–H and O–H groups in total. The van der Waals surface area contributed by atoms with Crippen molar-refractivity contribution < 1.29 is 19.1 Å². The fourth-order valence-electron chi connectivity index (χ4n) is 2.78. The lowest BCUT2D eigenvalue weighted by molar-refractivity contribution is -0.114. The molecule has 20 heavy (non-hydrogen) atoms. The standard InChI is InChI=1S/C15H23NO4/c1-5-19-13-7-12(15(13,3)4)16-8-10-6-11(14(17)18)9(2)20-10/h6,12-13,16H,5,7-8H2,1-4H3,(H,17,18). The number of furan rings is 1. The molecule has 5 nitrogen and oxygen atoms in total. The van der Waals surface area contributed by atoms with E-state index in [-0.39, 0.29) is 17.1 Å². The topological polar surface area (TPSA) is 71.7 Å². The van der Waals surface area contributed by atoms with Crippen LogP contribution in [0.3, 0.4) is 0 Å². The predicted octanol–water partition coefficient (Wildman–Crippen LogP) is 2.58. The van der Waals surface area contributed by atoms with E-state index in [2.05, 4.69) is 19.2 Å². The summed E-state index contributed by atoms with van der Waals surface area (Å²) >= 11 is 0. The van der Waals surface area contributed by atoms with Crippen LogP contribution in [0.15, 0.2) is 10.5 Å². The average Bonchev–Trinajstić information content (AvgIpc) is 2.74. The van der Waals surface area contributed by atoms with Crippen LogP contribution in [0, 0.1) is 12.3 Å². The molecule has 112 valence electrons. The van der Waals surface area contributed by atoms with Crippen molar-refractivity contribution in [2.75, 3.05) is 6.61 Å². The van der Waals surface area contributed by atoms with Gasteiger partial charge in [-0.05, 0) is 26.3 Å². The first kappa shape index (κ1) is 15.1. The number of hydrogen-bond acceptors (Lipinski definition) is 4. The van der Waals surface area contributed by atoms with E-state index in [4.69, 9.17) is 14.3 Å². The van der Waals surface area contributed by atoms with Gasteiger partial charge in [0.25, 0.3) is 0 Å². The molecule has 1 saturated carbocycles. The third-order valence-electron chi connectivity index (χ3n) is 4.27. The molecule has 0 amide bonds. The third kappa shape index (κ3) is 2.74. The van der Waals surface area contributed by atoms with Crippen molar-refractivity contribution in [2.24, 2.45) is 5.41 Å². The van der Waals surface area contributed by atoms with E-state index in [0.717, 1.165) is 13.0 Å². The van der Waals surface area contributed by atoms with Crippen LogP contribution in [0.1, 0.15) is 49.1 Å². The van der Waals surface area contributed by atoms with Crippen LogP contribution < -0.4 is 5.32 Å². The van der Waals surface area contributed by atoms with Gasteiger partial charge in [-0.25, -0.2) is 4.79 Å². The first-order valence-corrected chi connectivity index (χ1v) is 7.03. The minimum absolute atomic E-state index is 0.0906. The van der Waals surface area contributed by atoms with Crippen molar-refractivity contribution in [3.63, 3.8) is 0 Å². The lowest BCUT2D eigenvalue weighted by Gasteiger charge is -2.51. The molecule has 2 unspecified atom stereocenters. The van der Waals surface area contributed by atoms with Gasteiger partial charge < -0.3 is 19.6 Å². The number of nitrogens with one attached hydrogen (secondary N) is 1. The number of aromatic carboxylic acids is 1. The Labute approximate surface area is 119 Å². The van der Waals surface area contributed by atoms with Gasteiger partial charge in [0, 0.05) is 18.1 Å². The van der Waals surface area contributed by atoms with E-state index in [0.29, 0.717) is 24.1 Å². The summed E-state index contributed by atoms with van der Waals surface area (Å²) in [6.07, 6.45) is 1.27. The maximum Gasteiger partial charge on any atom is 0.339 e. The molecule has 2 rings (SSSR count). The fraction of sp³-hybridized carbons (Fsp3) is 0.667. The Morgan fingerprint density at radius 1 is 1.60 bits per heavy atom. The Bertz CT molecular complexity index is 492.